The van der Waals surface area contributed by atoms with Gasteiger partial charge in [-0.15, -0.1) is 0 Å². The summed E-state index contributed by atoms with van der Waals surface area (Å²) in [6.45, 7) is 8.84. The van der Waals surface area contributed by atoms with Crippen molar-refractivity contribution in [3.63, 3.8) is 0 Å². The Kier molecular flexibility index (Phi) is 4.56. The van der Waals surface area contributed by atoms with Crippen LogP contribution in [0.3, 0.4) is 0 Å². The Balaban J connectivity index is 2.78. The van der Waals surface area contributed by atoms with Gasteiger partial charge < -0.3 is 9.53 Å². The third-order valence-electron chi connectivity index (χ3n) is 2.74. The van der Waals surface area contributed by atoms with E-state index in [0.717, 1.165) is 12.2 Å². The van der Waals surface area contributed by atoms with Crippen molar-refractivity contribution in [1.82, 2.24) is 0 Å². The summed E-state index contributed by atoms with van der Waals surface area (Å²) < 4.78 is 5.73. The van der Waals surface area contributed by atoms with E-state index in [4.69, 9.17) is 9.53 Å². The van der Waals surface area contributed by atoms with Crippen LogP contribution < -0.4 is 4.43 Å². The molecule has 0 unspecified atom stereocenters. The number of hydrogen-bond acceptors (Lipinski definition) is 2. The minimum atomic E-state index is -1.01. The first-order chi connectivity index (χ1) is 7.45. The van der Waals surface area contributed by atoms with Crippen molar-refractivity contribution in [3.8, 4) is 5.75 Å². The van der Waals surface area contributed by atoms with Crippen LogP contribution in [0.5, 0.6) is 5.75 Å². The maximum atomic E-state index is 9.02. The highest BCUT2D eigenvalue weighted by molar-refractivity contribution is 6.49. The molecule has 1 aromatic rings. The molecular weight excluding hydrogens is 216 g/mol. The van der Waals surface area contributed by atoms with Gasteiger partial charge >= 0.3 is 0 Å². The van der Waals surface area contributed by atoms with Crippen molar-refractivity contribution in [3.05, 3.63) is 29.8 Å². The Morgan fingerprint density at radius 1 is 1.19 bits per heavy atom. The van der Waals surface area contributed by atoms with E-state index in [0.29, 0.717) is 0 Å². The zero-order valence-electron chi connectivity index (χ0n) is 10.7. The molecule has 0 amide bonds. The van der Waals surface area contributed by atoms with Gasteiger partial charge in [-0.1, -0.05) is 26.0 Å². The second-order valence-corrected chi connectivity index (χ2v) is 7.38. The van der Waals surface area contributed by atoms with Gasteiger partial charge in [0.2, 0.25) is 9.04 Å². The first kappa shape index (κ1) is 13.3. The Labute approximate surface area is 100.0 Å². The number of aliphatic hydroxyl groups excluding tert-OH is 1. The highest BCUT2D eigenvalue weighted by Gasteiger charge is 2.19. The molecule has 16 heavy (non-hydrogen) atoms. The zero-order chi connectivity index (χ0) is 12.2. The first-order valence-electron chi connectivity index (χ1n) is 5.84. The second kappa shape index (κ2) is 5.50. The molecule has 2 nitrogen and oxygen atoms in total. The predicted octanol–water partition coefficient (Wildman–Crippen LogP) is 2.71. The van der Waals surface area contributed by atoms with Crippen LogP contribution in [-0.2, 0) is 5.41 Å². The largest absolute Gasteiger partial charge is 0.547 e. The highest BCUT2D eigenvalue weighted by Crippen LogP contribution is 2.28. The normalized spacial score (nSPS) is 11.9. The van der Waals surface area contributed by atoms with Crippen molar-refractivity contribution in [2.45, 2.75) is 38.8 Å². The standard InChI is InChI=1S/C13H22O2Si/c1-13(2,9-10-14)11-5-7-12(8-6-11)15-16(3)4/h5-8,14,16H,9-10H2,1-4H3. The van der Waals surface area contributed by atoms with Crippen molar-refractivity contribution < 1.29 is 9.53 Å². The Bertz CT molecular complexity index is 317. The monoisotopic (exact) mass is 238 g/mol. The lowest BCUT2D eigenvalue weighted by Gasteiger charge is -2.24. The summed E-state index contributed by atoms with van der Waals surface area (Å²) in [6.07, 6.45) is 0.784. The minimum Gasteiger partial charge on any atom is -0.547 e. The Morgan fingerprint density at radius 3 is 2.19 bits per heavy atom. The fourth-order valence-corrected chi connectivity index (χ4v) is 2.38. The summed E-state index contributed by atoms with van der Waals surface area (Å²) >= 11 is 0. The lowest BCUT2D eigenvalue weighted by Crippen LogP contribution is -2.18. The first-order valence-corrected chi connectivity index (χ1v) is 8.62. The van der Waals surface area contributed by atoms with E-state index in [-0.39, 0.29) is 12.0 Å². The lowest BCUT2D eigenvalue weighted by atomic mass is 9.82. The zero-order valence-corrected chi connectivity index (χ0v) is 11.8. The van der Waals surface area contributed by atoms with Gasteiger partial charge in [0.1, 0.15) is 5.75 Å². The topological polar surface area (TPSA) is 29.5 Å². The molecular formula is C13H22O2Si. The maximum Gasteiger partial charge on any atom is 0.229 e. The molecule has 0 bridgehead atoms. The van der Waals surface area contributed by atoms with Crippen molar-refractivity contribution in [1.29, 1.82) is 0 Å². The maximum absolute atomic E-state index is 9.02. The molecule has 0 saturated heterocycles. The molecule has 0 aliphatic carbocycles. The Morgan fingerprint density at radius 2 is 1.75 bits per heavy atom. The summed E-state index contributed by atoms with van der Waals surface area (Å²) in [5.41, 5.74) is 1.28. The van der Waals surface area contributed by atoms with Gasteiger partial charge in [0.25, 0.3) is 0 Å². The van der Waals surface area contributed by atoms with Crippen LogP contribution in [0.4, 0.5) is 0 Å². The van der Waals surface area contributed by atoms with Crippen LogP contribution >= 0.6 is 0 Å². The molecule has 0 heterocycles. The average Bonchev–Trinajstić information content (AvgIpc) is 2.17. The smallest absolute Gasteiger partial charge is 0.229 e. The molecule has 0 fully saturated rings. The van der Waals surface area contributed by atoms with Crippen LogP contribution in [-0.4, -0.2) is 20.8 Å². The Hall–Kier alpha value is -0.803. The van der Waals surface area contributed by atoms with Crippen LogP contribution in [0.2, 0.25) is 13.1 Å². The van der Waals surface area contributed by atoms with Gasteiger partial charge in [-0.2, -0.15) is 0 Å². The number of aliphatic hydroxyl groups is 1. The van der Waals surface area contributed by atoms with Gasteiger partial charge in [0.05, 0.1) is 0 Å². The molecule has 0 aliphatic rings. The van der Waals surface area contributed by atoms with E-state index in [2.05, 4.69) is 39.1 Å². The summed E-state index contributed by atoms with van der Waals surface area (Å²) in [4.78, 5) is 0. The van der Waals surface area contributed by atoms with Gasteiger partial charge in [0.15, 0.2) is 0 Å². The molecule has 0 radical (unpaired) electrons. The van der Waals surface area contributed by atoms with E-state index < -0.39 is 9.04 Å². The summed E-state index contributed by atoms with van der Waals surface area (Å²) in [7, 11) is -1.01. The van der Waals surface area contributed by atoms with E-state index >= 15 is 0 Å². The van der Waals surface area contributed by atoms with E-state index in [9.17, 15) is 0 Å². The summed E-state index contributed by atoms with van der Waals surface area (Å²) in [6, 6.07) is 8.26. The van der Waals surface area contributed by atoms with Gasteiger partial charge in [-0.3, -0.25) is 0 Å². The van der Waals surface area contributed by atoms with E-state index in [1.807, 2.05) is 12.1 Å². The summed E-state index contributed by atoms with van der Waals surface area (Å²) in [5, 5.41) is 9.02. The van der Waals surface area contributed by atoms with Crippen LogP contribution in [0.25, 0.3) is 0 Å². The van der Waals surface area contributed by atoms with Gasteiger partial charge in [-0.05, 0) is 42.6 Å². The highest BCUT2D eigenvalue weighted by atomic mass is 28.3. The molecule has 0 spiro atoms. The third-order valence-corrected chi connectivity index (χ3v) is 3.49. The van der Waals surface area contributed by atoms with Crippen molar-refractivity contribution >= 4 is 9.04 Å². The molecule has 0 atom stereocenters. The van der Waals surface area contributed by atoms with E-state index in [1.54, 1.807) is 0 Å². The van der Waals surface area contributed by atoms with E-state index in [1.165, 1.54) is 5.56 Å². The van der Waals surface area contributed by atoms with Crippen LogP contribution in [0.1, 0.15) is 25.8 Å². The van der Waals surface area contributed by atoms with Crippen LogP contribution in [0.15, 0.2) is 24.3 Å². The fourth-order valence-electron chi connectivity index (χ4n) is 1.68. The van der Waals surface area contributed by atoms with Crippen molar-refractivity contribution in [2.75, 3.05) is 6.61 Å². The molecule has 1 rings (SSSR count). The number of benzene rings is 1. The fraction of sp³-hybridized carbons (Fsp3) is 0.538. The quantitative estimate of drug-likeness (QED) is 0.799. The molecule has 3 heteroatoms. The molecule has 0 saturated carbocycles. The number of hydrogen-bond donors (Lipinski definition) is 1. The van der Waals surface area contributed by atoms with Crippen molar-refractivity contribution in [2.24, 2.45) is 0 Å². The SMILES string of the molecule is C[SiH](C)Oc1ccc(C(C)(C)CCO)cc1. The lowest BCUT2D eigenvalue weighted by molar-refractivity contribution is 0.252. The van der Waals surface area contributed by atoms with Crippen LogP contribution in [0, 0.1) is 0 Å². The van der Waals surface area contributed by atoms with Gasteiger partial charge in [-0.25, -0.2) is 0 Å². The molecule has 0 aromatic heterocycles. The minimum absolute atomic E-state index is 0.0303. The predicted molar refractivity (Wildman–Crippen MR) is 70.7 cm³/mol. The molecule has 1 aromatic carbocycles. The average molecular weight is 238 g/mol. The third kappa shape index (κ3) is 3.65. The number of rotatable bonds is 5. The molecule has 90 valence electrons. The molecule has 1 N–H and O–H groups in total. The summed E-state index contributed by atoms with van der Waals surface area (Å²) in [5.74, 6) is 0.963. The molecule has 0 aliphatic heterocycles. The van der Waals surface area contributed by atoms with Gasteiger partial charge in [0, 0.05) is 6.61 Å². The second-order valence-electron chi connectivity index (χ2n) is 5.05.